The molecule has 0 amide bonds. The van der Waals surface area contributed by atoms with Crippen LogP contribution < -0.4 is 4.74 Å². The van der Waals surface area contributed by atoms with Gasteiger partial charge in [-0.2, -0.15) is 8.78 Å². The van der Waals surface area contributed by atoms with Gasteiger partial charge in [-0.25, -0.2) is 15.0 Å². The Morgan fingerprint density at radius 1 is 1.25 bits per heavy atom. The highest BCUT2D eigenvalue weighted by molar-refractivity contribution is 6.33. The summed E-state index contributed by atoms with van der Waals surface area (Å²) in [5.41, 5.74) is 2.37. The number of alkyl halides is 2. The Kier molecular flexibility index (Phi) is 6.10. The summed E-state index contributed by atoms with van der Waals surface area (Å²) >= 11 is 6.33. The Labute approximate surface area is 166 Å². The van der Waals surface area contributed by atoms with Crippen molar-refractivity contribution in [2.45, 2.75) is 46.3 Å². The van der Waals surface area contributed by atoms with Gasteiger partial charge in [-0.1, -0.05) is 31.4 Å². The molecule has 28 heavy (non-hydrogen) atoms. The Balaban J connectivity index is 2.18. The van der Waals surface area contributed by atoms with Gasteiger partial charge in [0.05, 0.1) is 11.1 Å². The average Bonchev–Trinajstić information content (AvgIpc) is 3.04. The molecular weight excluding hydrogens is 386 g/mol. The summed E-state index contributed by atoms with van der Waals surface area (Å²) < 4.78 is 31.3. The van der Waals surface area contributed by atoms with Crippen molar-refractivity contribution in [3.8, 4) is 28.8 Å². The van der Waals surface area contributed by atoms with Crippen LogP contribution in [0.1, 0.15) is 39.1 Å². The third kappa shape index (κ3) is 3.78. The van der Waals surface area contributed by atoms with E-state index in [1.165, 1.54) is 18.5 Å². The smallest absolute Gasteiger partial charge is 0.387 e. The van der Waals surface area contributed by atoms with Crippen LogP contribution in [0.3, 0.4) is 0 Å². The molecule has 0 spiro atoms. The molecule has 0 saturated heterocycles. The molecule has 5 nitrogen and oxygen atoms in total. The minimum absolute atomic E-state index is 0.0157. The lowest BCUT2D eigenvalue weighted by Gasteiger charge is -2.14. The number of hydrogen-bond acceptors (Lipinski definition) is 4. The van der Waals surface area contributed by atoms with Crippen molar-refractivity contribution in [2.24, 2.45) is 0 Å². The molecule has 0 saturated carbocycles. The number of aromatic nitrogens is 4. The summed E-state index contributed by atoms with van der Waals surface area (Å²) in [6.45, 7) is 2.96. The monoisotopic (exact) mass is 404 g/mol. The SMILES string of the molecule is CC#CC(CC)n1c(CC)nc2c(-c3ccc(OC(F)F)cc3Cl)ncnc21. The molecule has 1 atom stereocenters. The van der Waals surface area contributed by atoms with E-state index in [0.717, 1.165) is 12.2 Å². The Hall–Kier alpha value is -2.72. The fourth-order valence-electron chi connectivity index (χ4n) is 3.11. The fraction of sp³-hybridized carbons (Fsp3) is 0.350. The number of aryl methyl sites for hydroxylation is 1. The Morgan fingerprint density at radius 2 is 2.04 bits per heavy atom. The second-order valence-electron chi connectivity index (χ2n) is 5.98. The number of imidazole rings is 1. The van der Waals surface area contributed by atoms with Crippen LogP contribution >= 0.6 is 11.6 Å². The zero-order chi connectivity index (χ0) is 20.3. The number of rotatable bonds is 6. The van der Waals surface area contributed by atoms with E-state index in [4.69, 9.17) is 16.6 Å². The van der Waals surface area contributed by atoms with Gasteiger partial charge in [-0.15, -0.1) is 5.92 Å². The van der Waals surface area contributed by atoms with Crippen molar-refractivity contribution in [3.63, 3.8) is 0 Å². The molecule has 3 aromatic rings. The molecule has 0 aliphatic heterocycles. The van der Waals surface area contributed by atoms with Crippen molar-refractivity contribution in [3.05, 3.63) is 35.4 Å². The molecule has 0 N–H and O–H groups in total. The standard InChI is InChI=1S/C20H19ClF2N4O/c1-4-7-12(5-2)27-16(6-3)26-18-17(24-11-25-19(18)27)14-9-8-13(10-15(14)21)28-20(22)23/h8-12,20H,5-6H2,1-3H3. The first-order valence-corrected chi connectivity index (χ1v) is 9.26. The van der Waals surface area contributed by atoms with E-state index in [9.17, 15) is 8.78 Å². The molecule has 8 heteroatoms. The Morgan fingerprint density at radius 3 is 2.64 bits per heavy atom. The maximum Gasteiger partial charge on any atom is 0.387 e. The predicted octanol–water partition coefficient (Wildman–Crippen LogP) is 5.28. The zero-order valence-corrected chi connectivity index (χ0v) is 16.5. The van der Waals surface area contributed by atoms with E-state index in [0.29, 0.717) is 28.8 Å². The largest absolute Gasteiger partial charge is 0.435 e. The molecule has 0 bridgehead atoms. The first-order valence-electron chi connectivity index (χ1n) is 8.88. The number of hydrogen-bond donors (Lipinski definition) is 0. The lowest BCUT2D eigenvalue weighted by molar-refractivity contribution is -0.0498. The summed E-state index contributed by atoms with van der Waals surface area (Å²) in [4.78, 5) is 13.5. The first-order chi connectivity index (χ1) is 13.5. The topological polar surface area (TPSA) is 52.8 Å². The van der Waals surface area contributed by atoms with Crippen molar-refractivity contribution < 1.29 is 13.5 Å². The number of benzene rings is 1. The van der Waals surface area contributed by atoms with Gasteiger partial charge in [0.1, 0.15) is 29.1 Å². The number of ether oxygens (including phenoxy) is 1. The number of halogens is 3. The van der Waals surface area contributed by atoms with Crippen LogP contribution in [0, 0.1) is 11.8 Å². The molecule has 3 rings (SSSR count). The normalized spacial score (nSPS) is 12.1. The summed E-state index contributed by atoms with van der Waals surface area (Å²) in [5, 5.41) is 0.242. The molecule has 0 fully saturated rings. The van der Waals surface area contributed by atoms with Crippen LogP contribution in [-0.4, -0.2) is 26.1 Å². The van der Waals surface area contributed by atoms with Crippen LogP contribution in [0.25, 0.3) is 22.4 Å². The summed E-state index contributed by atoms with van der Waals surface area (Å²) in [6.07, 6.45) is 2.95. The van der Waals surface area contributed by atoms with Crippen LogP contribution in [0.2, 0.25) is 5.02 Å². The predicted molar refractivity (Wildman–Crippen MR) is 105 cm³/mol. The van der Waals surface area contributed by atoms with Crippen LogP contribution in [0.5, 0.6) is 5.75 Å². The third-order valence-electron chi connectivity index (χ3n) is 4.30. The highest BCUT2D eigenvalue weighted by Gasteiger charge is 2.21. The average molecular weight is 405 g/mol. The van der Waals surface area contributed by atoms with Gasteiger partial charge < -0.3 is 4.74 Å². The van der Waals surface area contributed by atoms with Gasteiger partial charge in [-0.05, 0) is 31.5 Å². The van der Waals surface area contributed by atoms with Crippen molar-refractivity contribution >= 4 is 22.8 Å². The van der Waals surface area contributed by atoms with Crippen LogP contribution in [0.15, 0.2) is 24.5 Å². The Bertz CT molecular complexity index is 1060. The summed E-state index contributed by atoms with van der Waals surface area (Å²) in [6, 6.07) is 4.31. The molecule has 0 aliphatic rings. The van der Waals surface area contributed by atoms with E-state index in [1.54, 1.807) is 13.0 Å². The molecule has 146 valence electrons. The van der Waals surface area contributed by atoms with Gasteiger partial charge in [-0.3, -0.25) is 4.57 Å². The maximum atomic E-state index is 12.4. The third-order valence-corrected chi connectivity index (χ3v) is 4.61. The van der Waals surface area contributed by atoms with Gasteiger partial charge >= 0.3 is 6.61 Å². The second-order valence-corrected chi connectivity index (χ2v) is 6.39. The van der Waals surface area contributed by atoms with Crippen LogP contribution in [0.4, 0.5) is 8.78 Å². The molecule has 2 heterocycles. The van der Waals surface area contributed by atoms with E-state index in [-0.39, 0.29) is 16.8 Å². The first kappa shape index (κ1) is 20.0. The quantitative estimate of drug-likeness (QED) is 0.524. The minimum Gasteiger partial charge on any atom is -0.435 e. The molecule has 0 radical (unpaired) electrons. The van der Waals surface area contributed by atoms with E-state index < -0.39 is 6.61 Å². The van der Waals surface area contributed by atoms with Crippen LogP contribution in [-0.2, 0) is 6.42 Å². The van der Waals surface area contributed by atoms with Gasteiger partial charge in [0.15, 0.2) is 5.65 Å². The van der Waals surface area contributed by atoms with E-state index in [1.807, 2.05) is 11.5 Å². The minimum atomic E-state index is -2.92. The second kappa shape index (κ2) is 8.53. The zero-order valence-electron chi connectivity index (χ0n) is 15.7. The van der Waals surface area contributed by atoms with Gasteiger partial charge in [0.25, 0.3) is 0 Å². The molecule has 1 unspecified atom stereocenters. The van der Waals surface area contributed by atoms with Crippen molar-refractivity contribution in [1.82, 2.24) is 19.5 Å². The van der Waals surface area contributed by atoms with E-state index in [2.05, 4.69) is 33.5 Å². The lowest BCUT2D eigenvalue weighted by Crippen LogP contribution is -2.10. The highest BCUT2D eigenvalue weighted by atomic mass is 35.5. The van der Waals surface area contributed by atoms with Gasteiger partial charge in [0.2, 0.25) is 0 Å². The maximum absolute atomic E-state index is 12.4. The fourth-order valence-corrected chi connectivity index (χ4v) is 3.37. The van der Waals surface area contributed by atoms with Gasteiger partial charge in [0, 0.05) is 12.0 Å². The summed E-state index contributed by atoms with van der Waals surface area (Å²) in [7, 11) is 0. The molecular formula is C20H19ClF2N4O. The molecule has 0 aliphatic carbocycles. The number of nitrogens with zero attached hydrogens (tertiary/aromatic N) is 4. The number of fused-ring (bicyclic) bond motifs is 1. The highest BCUT2D eigenvalue weighted by Crippen LogP contribution is 2.35. The van der Waals surface area contributed by atoms with E-state index >= 15 is 0 Å². The molecule has 1 aromatic carbocycles. The van der Waals surface area contributed by atoms with Crippen molar-refractivity contribution in [2.75, 3.05) is 0 Å². The van der Waals surface area contributed by atoms with Crippen molar-refractivity contribution in [1.29, 1.82) is 0 Å². The molecule has 2 aromatic heterocycles. The lowest BCUT2D eigenvalue weighted by atomic mass is 10.1. The summed E-state index contributed by atoms with van der Waals surface area (Å²) in [5.74, 6) is 6.99.